The minimum absolute atomic E-state index is 0.0695. The van der Waals surface area contributed by atoms with E-state index in [1.54, 1.807) is 30.3 Å². The van der Waals surface area contributed by atoms with Gasteiger partial charge in [0.15, 0.2) is 0 Å². The summed E-state index contributed by atoms with van der Waals surface area (Å²) in [5, 5.41) is 5.87. The van der Waals surface area contributed by atoms with Gasteiger partial charge >= 0.3 is 5.97 Å². The summed E-state index contributed by atoms with van der Waals surface area (Å²) >= 11 is 0. The SMILES string of the molecule is COC(=O)CC1=CC(=O)N(CC(=O)Nc2ccc(C)cc2)c2ccccc2N1. The lowest BCUT2D eigenvalue weighted by atomic mass is 10.2. The van der Waals surface area contributed by atoms with Crippen molar-refractivity contribution in [1.82, 2.24) is 0 Å². The molecule has 144 valence electrons. The fraction of sp³-hybridized carbons (Fsp3) is 0.190. The summed E-state index contributed by atoms with van der Waals surface area (Å²) in [7, 11) is 1.29. The standard InChI is InChI=1S/C21H21N3O4/c1-14-7-9-15(10-8-14)23-19(25)13-24-18-6-4-3-5-17(18)22-16(11-20(24)26)12-21(27)28-2/h3-11,22H,12-13H2,1-2H3,(H,23,25). The van der Waals surface area contributed by atoms with Crippen molar-refractivity contribution in [2.24, 2.45) is 0 Å². The Bertz CT molecular complexity index is 935. The van der Waals surface area contributed by atoms with E-state index >= 15 is 0 Å². The van der Waals surface area contributed by atoms with Gasteiger partial charge in [0.05, 0.1) is 24.9 Å². The Balaban J connectivity index is 1.82. The molecule has 2 aromatic rings. The van der Waals surface area contributed by atoms with Gasteiger partial charge in [-0.05, 0) is 31.2 Å². The van der Waals surface area contributed by atoms with E-state index in [1.165, 1.54) is 18.1 Å². The molecule has 0 saturated heterocycles. The number of amides is 2. The molecule has 1 aliphatic heterocycles. The Morgan fingerprint density at radius 2 is 1.82 bits per heavy atom. The molecule has 2 amide bonds. The van der Waals surface area contributed by atoms with Crippen molar-refractivity contribution in [3.8, 4) is 0 Å². The number of benzene rings is 2. The molecule has 0 saturated carbocycles. The number of hydrogen-bond acceptors (Lipinski definition) is 5. The number of aryl methyl sites for hydroxylation is 1. The summed E-state index contributed by atoms with van der Waals surface area (Å²) in [6.45, 7) is 1.80. The molecule has 0 unspecified atom stereocenters. The van der Waals surface area contributed by atoms with E-state index in [1.807, 2.05) is 25.1 Å². The second-order valence-electron chi connectivity index (χ2n) is 6.40. The number of methoxy groups -OCH3 is 1. The van der Waals surface area contributed by atoms with E-state index in [-0.39, 0.29) is 18.9 Å². The van der Waals surface area contributed by atoms with Crippen LogP contribution in [0, 0.1) is 6.92 Å². The molecule has 1 heterocycles. The lowest BCUT2D eigenvalue weighted by molar-refractivity contribution is -0.139. The van der Waals surface area contributed by atoms with Crippen LogP contribution in [0.25, 0.3) is 0 Å². The van der Waals surface area contributed by atoms with E-state index in [0.29, 0.717) is 22.8 Å². The van der Waals surface area contributed by atoms with Crippen molar-refractivity contribution < 1.29 is 19.1 Å². The van der Waals surface area contributed by atoms with Crippen LogP contribution in [0.1, 0.15) is 12.0 Å². The normalized spacial score (nSPS) is 13.0. The molecule has 2 aromatic carbocycles. The zero-order valence-electron chi connectivity index (χ0n) is 15.7. The van der Waals surface area contributed by atoms with Gasteiger partial charge in [0.25, 0.3) is 5.91 Å². The average Bonchev–Trinajstić information content (AvgIpc) is 2.80. The van der Waals surface area contributed by atoms with Crippen LogP contribution in [0.3, 0.4) is 0 Å². The van der Waals surface area contributed by atoms with Crippen molar-refractivity contribution in [1.29, 1.82) is 0 Å². The van der Waals surface area contributed by atoms with Crippen LogP contribution in [-0.4, -0.2) is 31.4 Å². The highest BCUT2D eigenvalue weighted by molar-refractivity contribution is 6.10. The third kappa shape index (κ3) is 4.56. The summed E-state index contributed by atoms with van der Waals surface area (Å²) in [6, 6.07) is 14.5. The van der Waals surface area contributed by atoms with Crippen LogP contribution in [0.5, 0.6) is 0 Å². The second kappa shape index (κ2) is 8.39. The van der Waals surface area contributed by atoms with Crippen LogP contribution in [0.4, 0.5) is 17.1 Å². The van der Waals surface area contributed by atoms with Crippen LogP contribution >= 0.6 is 0 Å². The number of esters is 1. The zero-order valence-corrected chi connectivity index (χ0v) is 15.7. The highest BCUT2D eigenvalue weighted by Crippen LogP contribution is 2.30. The first-order valence-corrected chi connectivity index (χ1v) is 8.77. The molecule has 0 bridgehead atoms. The number of nitrogens with zero attached hydrogens (tertiary/aromatic N) is 1. The molecule has 3 rings (SSSR count). The van der Waals surface area contributed by atoms with Crippen LogP contribution in [0.2, 0.25) is 0 Å². The second-order valence-corrected chi connectivity index (χ2v) is 6.40. The highest BCUT2D eigenvalue weighted by atomic mass is 16.5. The molecule has 7 heteroatoms. The summed E-state index contributed by atoms with van der Waals surface area (Å²) in [5.74, 6) is -1.18. The molecule has 0 fully saturated rings. The molecule has 0 spiro atoms. The molecule has 0 aliphatic carbocycles. The lowest BCUT2D eigenvalue weighted by Gasteiger charge is -2.21. The smallest absolute Gasteiger partial charge is 0.311 e. The maximum absolute atomic E-state index is 12.8. The maximum atomic E-state index is 12.8. The molecule has 2 N–H and O–H groups in total. The van der Waals surface area contributed by atoms with E-state index in [0.717, 1.165) is 5.56 Å². The first-order chi connectivity index (χ1) is 13.5. The molecule has 7 nitrogen and oxygen atoms in total. The van der Waals surface area contributed by atoms with Crippen molar-refractivity contribution in [2.75, 3.05) is 29.2 Å². The topological polar surface area (TPSA) is 87.7 Å². The lowest BCUT2D eigenvalue weighted by Crippen LogP contribution is -2.37. The average molecular weight is 379 g/mol. The Hall–Kier alpha value is -3.61. The van der Waals surface area contributed by atoms with Crippen LogP contribution < -0.4 is 15.5 Å². The summed E-state index contributed by atoms with van der Waals surface area (Å²) in [5.41, 5.74) is 3.34. The van der Waals surface area contributed by atoms with Gasteiger partial charge in [-0.25, -0.2) is 0 Å². The van der Waals surface area contributed by atoms with Crippen molar-refractivity contribution in [3.63, 3.8) is 0 Å². The summed E-state index contributed by atoms with van der Waals surface area (Å²) in [6.07, 6.45) is 1.25. The quantitative estimate of drug-likeness (QED) is 0.780. The Kier molecular flexibility index (Phi) is 5.74. The molecule has 1 aliphatic rings. The first kappa shape index (κ1) is 19.2. The molecular weight excluding hydrogens is 358 g/mol. The monoisotopic (exact) mass is 379 g/mol. The summed E-state index contributed by atoms with van der Waals surface area (Å²) < 4.78 is 4.67. The number of rotatable bonds is 5. The van der Waals surface area contributed by atoms with E-state index in [2.05, 4.69) is 15.4 Å². The van der Waals surface area contributed by atoms with Crippen LogP contribution in [-0.2, 0) is 19.1 Å². The number of fused-ring (bicyclic) bond motifs is 1. The van der Waals surface area contributed by atoms with Gasteiger partial charge in [0.2, 0.25) is 5.91 Å². The Labute approximate surface area is 163 Å². The minimum atomic E-state index is -0.463. The number of carbonyl (C=O) groups excluding carboxylic acids is 3. The highest BCUT2D eigenvalue weighted by Gasteiger charge is 2.25. The summed E-state index contributed by atoms with van der Waals surface area (Å²) in [4.78, 5) is 38.3. The van der Waals surface area contributed by atoms with Gasteiger partial charge in [0, 0.05) is 17.5 Å². The van der Waals surface area contributed by atoms with Gasteiger partial charge in [-0.2, -0.15) is 0 Å². The first-order valence-electron chi connectivity index (χ1n) is 8.77. The van der Waals surface area contributed by atoms with Gasteiger partial charge in [-0.15, -0.1) is 0 Å². The van der Waals surface area contributed by atoms with Crippen LogP contribution in [0.15, 0.2) is 60.3 Å². The Morgan fingerprint density at radius 3 is 2.54 bits per heavy atom. The fourth-order valence-corrected chi connectivity index (χ4v) is 2.84. The number of carbonyl (C=O) groups is 3. The molecule has 0 aromatic heterocycles. The number of anilines is 3. The maximum Gasteiger partial charge on any atom is 0.311 e. The van der Waals surface area contributed by atoms with Gasteiger partial charge in [0.1, 0.15) is 6.54 Å². The van der Waals surface area contributed by atoms with Crippen molar-refractivity contribution >= 4 is 34.8 Å². The van der Waals surface area contributed by atoms with Gasteiger partial charge in [-0.1, -0.05) is 29.8 Å². The van der Waals surface area contributed by atoms with Crippen molar-refractivity contribution in [3.05, 3.63) is 65.9 Å². The molecule has 0 atom stereocenters. The van der Waals surface area contributed by atoms with E-state index < -0.39 is 11.9 Å². The number of nitrogens with one attached hydrogen (secondary N) is 2. The molecular formula is C21H21N3O4. The van der Waals surface area contributed by atoms with Gasteiger partial charge in [-0.3, -0.25) is 19.3 Å². The van der Waals surface area contributed by atoms with Crippen molar-refractivity contribution in [2.45, 2.75) is 13.3 Å². The largest absolute Gasteiger partial charge is 0.469 e. The fourth-order valence-electron chi connectivity index (χ4n) is 2.84. The number of ether oxygens (including phenoxy) is 1. The molecule has 28 heavy (non-hydrogen) atoms. The minimum Gasteiger partial charge on any atom is -0.469 e. The predicted octanol–water partition coefficient (Wildman–Crippen LogP) is 2.84. The number of hydrogen-bond donors (Lipinski definition) is 2. The molecule has 0 radical (unpaired) electrons. The third-order valence-electron chi connectivity index (χ3n) is 4.25. The third-order valence-corrected chi connectivity index (χ3v) is 4.25. The number of para-hydroxylation sites is 2. The zero-order chi connectivity index (χ0) is 20.1. The van der Waals surface area contributed by atoms with E-state index in [4.69, 9.17) is 0 Å². The van der Waals surface area contributed by atoms with Gasteiger partial charge < -0.3 is 15.4 Å². The predicted molar refractivity (Wildman–Crippen MR) is 107 cm³/mol. The van der Waals surface area contributed by atoms with E-state index in [9.17, 15) is 14.4 Å². The Morgan fingerprint density at radius 1 is 1.11 bits per heavy atom.